The van der Waals surface area contributed by atoms with E-state index in [0.29, 0.717) is 18.8 Å². The third-order valence-corrected chi connectivity index (χ3v) is 2.90. The quantitative estimate of drug-likeness (QED) is 0.893. The van der Waals surface area contributed by atoms with Crippen LogP contribution in [0.5, 0.6) is 11.5 Å². The Hall–Kier alpha value is -2.17. The van der Waals surface area contributed by atoms with Crippen LogP contribution >= 0.6 is 0 Å². The van der Waals surface area contributed by atoms with Crippen LogP contribution in [0.1, 0.15) is 11.3 Å². The summed E-state index contributed by atoms with van der Waals surface area (Å²) in [5.74, 6) is 2.15. The number of methoxy groups -OCH3 is 1. The molecule has 0 aliphatic rings. The zero-order chi connectivity index (χ0) is 13.8. The van der Waals surface area contributed by atoms with Crippen LogP contribution in [0.25, 0.3) is 0 Å². The van der Waals surface area contributed by atoms with Crippen molar-refractivity contribution in [1.29, 1.82) is 0 Å². The molecule has 0 spiro atoms. The molecular formula is C14H19N3O2. The minimum Gasteiger partial charge on any atom is -0.493 e. The maximum atomic E-state index is 5.73. The van der Waals surface area contributed by atoms with E-state index < -0.39 is 0 Å². The fourth-order valence-corrected chi connectivity index (χ4v) is 1.83. The van der Waals surface area contributed by atoms with Crippen molar-refractivity contribution in [1.82, 2.24) is 9.78 Å². The van der Waals surface area contributed by atoms with Gasteiger partial charge in [0.25, 0.3) is 0 Å². The number of rotatable bonds is 5. The predicted molar refractivity (Wildman–Crippen MR) is 74.6 cm³/mol. The van der Waals surface area contributed by atoms with Gasteiger partial charge in [0.15, 0.2) is 11.5 Å². The number of nitrogen functional groups attached to an aromatic ring is 1. The molecule has 2 N–H and O–H groups in total. The van der Waals surface area contributed by atoms with Crippen molar-refractivity contribution in [3.05, 3.63) is 35.5 Å². The van der Waals surface area contributed by atoms with E-state index in [4.69, 9.17) is 15.2 Å². The molecule has 1 heterocycles. The lowest BCUT2D eigenvalue weighted by Gasteiger charge is -2.10. The molecule has 0 fully saturated rings. The van der Waals surface area contributed by atoms with Gasteiger partial charge < -0.3 is 15.2 Å². The van der Waals surface area contributed by atoms with Gasteiger partial charge in [-0.25, -0.2) is 0 Å². The molecule has 0 aliphatic carbocycles. The first-order valence-corrected chi connectivity index (χ1v) is 6.16. The van der Waals surface area contributed by atoms with E-state index in [1.807, 2.05) is 38.2 Å². The summed E-state index contributed by atoms with van der Waals surface area (Å²) in [6.45, 7) is 2.55. The minimum absolute atomic E-state index is 0.538. The van der Waals surface area contributed by atoms with Gasteiger partial charge in [0.1, 0.15) is 5.82 Å². The van der Waals surface area contributed by atoms with Crippen molar-refractivity contribution in [2.75, 3.05) is 19.5 Å². The number of aryl methyl sites for hydroxylation is 2. The smallest absolute Gasteiger partial charge is 0.161 e. The van der Waals surface area contributed by atoms with Crippen LogP contribution in [0.3, 0.4) is 0 Å². The fourth-order valence-electron chi connectivity index (χ4n) is 1.83. The van der Waals surface area contributed by atoms with Gasteiger partial charge in [-0.3, -0.25) is 4.68 Å². The summed E-state index contributed by atoms with van der Waals surface area (Å²) in [7, 11) is 3.46. The highest BCUT2D eigenvalue weighted by atomic mass is 16.5. The molecule has 5 nitrogen and oxygen atoms in total. The van der Waals surface area contributed by atoms with Gasteiger partial charge in [-0.05, 0) is 24.6 Å². The zero-order valence-electron chi connectivity index (χ0n) is 11.5. The third kappa shape index (κ3) is 3.19. The van der Waals surface area contributed by atoms with Crippen LogP contribution in [-0.2, 0) is 13.5 Å². The van der Waals surface area contributed by atoms with Crippen LogP contribution in [0, 0.1) is 6.92 Å². The second kappa shape index (κ2) is 5.65. The van der Waals surface area contributed by atoms with E-state index in [0.717, 1.165) is 22.8 Å². The van der Waals surface area contributed by atoms with E-state index >= 15 is 0 Å². The van der Waals surface area contributed by atoms with Crippen LogP contribution in [0.4, 0.5) is 5.82 Å². The molecule has 2 aromatic rings. The third-order valence-electron chi connectivity index (χ3n) is 2.90. The molecule has 0 saturated carbocycles. The number of anilines is 1. The second-order valence-corrected chi connectivity index (χ2v) is 4.44. The SMILES string of the molecule is COc1cc(C)ccc1OCCc1cc(N)n(C)n1. The number of hydrogen-bond acceptors (Lipinski definition) is 4. The average molecular weight is 261 g/mol. The summed E-state index contributed by atoms with van der Waals surface area (Å²) in [5.41, 5.74) is 7.79. The lowest BCUT2D eigenvalue weighted by Crippen LogP contribution is -2.04. The molecule has 0 saturated heterocycles. The van der Waals surface area contributed by atoms with Crippen LogP contribution in [0.15, 0.2) is 24.3 Å². The summed E-state index contributed by atoms with van der Waals surface area (Å²) in [6.07, 6.45) is 0.710. The van der Waals surface area contributed by atoms with Gasteiger partial charge in [0.2, 0.25) is 0 Å². The molecule has 0 amide bonds. The molecule has 0 aliphatic heterocycles. The number of nitrogens with two attached hydrogens (primary N) is 1. The molecule has 19 heavy (non-hydrogen) atoms. The Balaban J connectivity index is 1.95. The summed E-state index contributed by atoms with van der Waals surface area (Å²) < 4.78 is 12.7. The van der Waals surface area contributed by atoms with E-state index in [2.05, 4.69) is 5.10 Å². The molecule has 0 bridgehead atoms. The van der Waals surface area contributed by atoms with E-state index in [1.165, 1.54) is 0 Å². The van der Waals surface area contributed by atoms with Gasteiger partial charge in [-0.2, -0.15) is 5.10 Å². The first kappa shape index (κ1) is 13.3. The molecule has 102 valence electrons. The molecule has 2 rings (SSSR count). The van der Waals surface area contributed by atoms with Crippen LogP contribution < -0.4 is 15.2 Å². The molecule has 0 atom stereocenters. The highest BCUT2D eigenvalue weighted by Crippen LogP contribution is 2.27. The van der Waals surface area contributed by atoms with Crippen molar-refractivity contribution in [3.63, 3.8) is 0 Å². The Morgan fingerprint density at radius 3 is 2.68 bits per heavy atom. The van der Waals surface area contributed by atoms with Crippen molar-refractivity contribution in [2.24, 2.45) is 7.05 Å². The monoisotopic (exact) mass is 261 g/mol. The van der Waals surface area contributed by atoms with Crippen molar-refractivity contribution in [2.45, 2.75) is 13.3 Å². The first-order chi connectivity index (χ1) is 9.10. The largest absolute Gasteiger partial charge is 0.493 e. The minimum atomic E-state index is 0.538. The van der Waals surface area contributed by atoms with Crippen LogP contribution in [-0.4, -0.2) is 23.5 Å². The summed E-state index contributed by atoms with van der Waals surface area (Å²) in [5, 5.41) is 4.28. The van der Waals surface area contributed by atoms with Gasteiger partial charge in [-0.15, -0.1) is 0 Å². The Morgan fingerprint density at radius 1 is 1.26 bits per heavy atom. The van der Waals surface area contributed by atoms with Gasteiger partial charge >= 0.3 is 0 Å². The molecule has 5 heteroatoms. The number of benzene rings is 1. The predicted octanol–water partition coefficient (Wildman–Crippen LogP) is 1.94. The topological polar surface area (TPSA) is 62.3 Å². The standard InChI is InChI=1S/C14H19N3O2/c1-10-4-5-12(13(8-10)18-3)19-7-6-11-9-14(15)17(2)16-11/h4-5,8-9H,6-7,15H2,1-3H3. The summed E-state index contributed by atoms with van der Waals surface area (Å²) >= 11 is 0. The molecule has 1 aromatic heterocycles. The fraction of sp³-hybridized carbons (Fsp3) is 0.357. The van der Waals surface area contributed by atoms with Crippen molar-refractivity contribution >= 4 is 5.82 Å². The molecule has 0 unspecified atom stereocenters. The highest BCUT2D eigenvalue weighted by Gasteiger charge is 2.06. The lowest BCUT2D eigenvalue weighted by atomic mass is 10.2. The number of aromatic nitrogens is 2. The maximum absolute atomic E-state index is 5.73. The van der Waals surface area contributed by atoms with Crippen molar-refractivity contribution < 1.29 is 9.47 Å². The Kier molecular flexibility index (Phi) is 3.94. The highest BCUT2D eigenvalue weighted by molar-refractivity contribution is 5.42. The molecule has 0 radical (unpaired) electrons. The maximum Gasteiger partial charge on any atom is 0.161 e. The normalized spacial score (nSPS) is 10.5. The Labute approximate surface area is 112 Å². The molecule has 1 aromatic carbocycles. The number of ether oxygens (including phenoxy) is 2. The van der Waals surface area contributed by atoms with Gasteiger partial charge in [0, 0.05) is 19.5 Å². The summed E-state index contributed by atoms with van der Waals surface area (Å²) in [4.78, 5) is 0. The number of hydrogen-bond donors (Lipinski definition) is 1. The Bertz CT molecular complexity index is 544. The Morgan fingerprint density at radius 2 is 2.05 bits per heavy atom. The van der Waals surface area contributed by atoms with E-state index in [1.54, 1.807) is 11.8 Å². The van der Waals surface area contributed by atoms with Crippen molar-refractivity contribution in [3.8, 4) is 11.5 Å². The van der Waals surface area contributed by atoms with Gasteiger partial charge in [-0.1, -0.05) is 6.07 Å². The first-order valence-electron chi connectivity index (χ1n) is 6.16. The second-order valence-electron chi connectivity index (χ2n) is 4.44. The molecular weight excluding hydrogens is 242 g/mol. The summed E-state index contributed by atoms with van der Waals surface area (Å²) in [6, 6.07) is 7.72. The van der Waals surface area contributed by atoms with Gasteiger partial charge in [0.05, 0.1) is 19.4 Å². The zero-order valence-corrected chi connectivity index (χ0v) is 11.5. The van der Waals surface area contributed by atoms with E-state index in [-0.39, 0.29) is 0 Å². The van der Waals surface area contributed by atoms with E-state index in [9.17, 15) is 0 Å². The average Bonchev–Trinajstić information content (AvgIpc) is 2.70. The van der Waals surface area contributed by atoms with Crippen LogP contribution in [0.2, 0.25) is 0 Å². The number of nitrogens with zero attached hydrogens (tertiary/aromatic N) is 2. The lowest BCUT2D eigenvalue weighted by molar-refractivity contribution is 0.296.